The Morgan fingerprint density at radius 2 is 1.88 bits per heavy atom. The number of hydrogen-bond donors (Lipinski definition) is 1. The van der Waals surface area contributed by atoms with E-state index in [1.165, 1.54) is 0 Å². The summed E-state index contributed by atoms with van der Waals surface area (Å²) in [6, 6.07) is 13.8. The van der Waals surface area contributed by atoms with Gasteiger partial charge in [0.15, 0.2) is 0 Å². The van der Waals surface area contributed by atoms with Crippen LogP contribution >= 0.6 is 15.9 Å². The number of ether oxygens (including phenoxy) is 2. The zero-order valence-electron chi connectivity index (χ0n) is 14.3. The zero-order chi connectivity index (χ0) is 18.1. The molecule has 0 saturated carbocycles. The van der Waals surface area contributed by atoms with E-state index in [0.29, 0.717) is 5.95 Å². The smallest absolute Gasteiger partial charge is 0.226 e. The molecule has 0 amide bonds. The first-order chi connectivity index (χ1) is 12.7. The van der Waals surface area contributed by atoms with E-state index < -0.39 is 0 Å². The number of methoxy groups -OCH3 is 2. The first kappa shape index (κ1) is 16.7. The van der Waals surface area contributed by atoms with Crippen LogP contribution < -0.4 is 14.8 Å². The van der Waals surface area contributed by atoms with Gasteiger partial charge in [0.1, 0.15) is 23.9 Å². The first-order valence-electron chi connectivity index (χ1n) is 8.06. The lowest BCUT2D eigenvalue weighted by molar-refractivity contribution is 0.387. The standard InChI is InChI=1S/C19H17BrN4O2/c1-25-14-7-8-15(18(9-14)26-2)17-10-16(12-3-5-13(20)6-4-12)23-19-21-11-22-24(17)19/h3-11,17H,1-2H3,(H,21,22,23)/t17-/m1/s1. The molecular weight excluding hydrogens is 396 g/mol. The Kier molecular flexibility index (Phi) is 4.38. The van der Waals surface area contributed by atoms with Crippen molar-refractivity contribution < 1.29 is 9.47 Å². The minimum atomic E-state index is -0.145. The number of benzene rings is 2. The van der Waals surface area contributed by atoms with E-state index in [1.807, 2.05) is 35.0 Å². The number of rotatable bonds is 4. The fourth-order valence-electron chi connectivity index (χ4n) is 3.02. The van der Waals surface area contributed by atoms with Gasteiger partial charge in [-0.1, -0.05) is 28.1 Å². The van der Waals surface area contributed by atoms with Crippen LogP contribution in [0, 0.1) is 0 Å². The Bertz CT molecular complexity index is 966. The van der Waals surface area contributed by atoms with E-state index >= 15 is 0 Å². The highest BCUT2D eigenvalue weighted by atomic mass is 79.9. The van der Waals surface area contributed by atoms with Crippen molar-refractivity contribution in [3.8, 4) is 11.5 Å². The summed E-state index contributed by atoms with van der Waals surface area (Å²) in [5.74, 6) is 2.17. The largest absolute Gasteiger partial charge is 0.497 e. The zero-order valence-corrected chi connectivity index (χ0v) is 15.9. The monoisotopic (exact) mass is 412 g/mol. The third-order valence-corrected chi connectivity index (χ3v) is 4.85. The molecule has 4 rings (SSSR count). The molecular formula is C19H17BrN4O2. The van der Waals surface area contributed by atoms with Gasteiger partial charge in [-0.3, -0.25) is 0 Å². The Morgan fingerprint density at radius 1 is 1.08 bits per heavy atom. The molecule has 6 nitrogen and oxygen atoms in total. The van der Waals surface area contributed by atoms with Gasteiger partial charge in [0.2, 0.25) is 5.95 Å². The van der Waals surface area contributed by atoms with Crippen molar-refractivity contribution in [1.29, 1.82) is 0 Å². The predicted molar refractivity (Wildman–Crippen MR) is 103 cm³/mol. The lowest BCUT2D eigenvalue weighted by Gasteiger charge is -2.25. The second-order valence-electron chi connectivity index (χ2n) is 5.79. The van der Waals surface area contributed by atoms with Crippen LogP contribution in [0.2, 0.25) is 0 Å². The molecule has 2 aromatic carbocycles. The minimum absolute atomic E-state index is 0.145. The van der Waals surface area contributed by atoms with Crippen LogP contribution in [0.3, 0.4) is 0 Å². The molecule has 0 aliphatic carbocycles. The molecule has 132 valence electrons. The van der Waals surface area contributed by atoms with E-state index in [9.17, 15) is 0 Å². The molecule has 0 saturated heterocycles. The number of anilines is 1. The summed E-state index contributed by atoms with van der Waals surface area (Å²) in [4.78, 5) is 4.34. The molecule has 0 fully saturated rings. The first-order valence-corrected chi connectivity index (χ1v) is 8.85. The molecule has 0 unspecified atom stereocenters. The van der Waals surface area contributed by atoms with Crippen molar-refractivity contribution in [1.82, 2.24) is 14.8 Å². The van der Waals surface area contributed by atoms with Gasteiger partial charge in [0.25, 0.3) is 0 Å². The summed E-state index contributed by atoms with van der Waals surface area (Å²) in [6.45, 7) is 0. The number of aromatic nitrogens is 3. The van der Waals surface area contributed by atoms with E-state index in [4.69, 9.17) is 9.47 Å². The molecule has 0 radical (unpaired) electrons. The summed E-state index contributed by atoms with van der Waals surface area (Å²) < 4.78 is 13.8. The van der Waals surface area contributed by atoms with E-state index in [0.717, 1.165) is 32.8 Å². The normalized spacial score (nSPS) is 15.7. The average molecular weight is 413 g/mol. The van der Waals surface area contributed by atoms with Crippen LogP contribution in [0.15, 0.2) is 59.3 Å². The van der Waals surface area contributed by atoms with Crippen molar-refractivity contribution in [2.24, 2.45) is 0 Å². The predicted octanol–water partition coefficient (Wildman–Crippen LogP) is 4.11. The molecule has 1 aromatic heterocycles. The van der Waals surface area contributed by atoms with Crippen LogP contribution in [-0.2, 0) is 0 Å². The molecule has 1 aliphatic heterocycles. The lowest BCUT2D eigenvalue weighted by atomic mass is 10.0. The maximum Gasteiger partial charge on any atom is 0.226 e. The number of allylic oxidation sites excluding steroid dienone is 1. The number of fused-ring (bicyclic) bond motifs is 1. The fourth-order valence-corrected chi connectivity index (χ4v) is 3.28. The Hall–Kier alpha value is -2.80. The fraction of sp³-hybridized carbons (Fsp3) is 0.158. The second-order valence-corrected chi connectivity index (χ2v) is 6.71. The van der Waals surface area contributed by atoms with E-state index in [-0.39, 0.29) is 6.04 Å². The van der Waals surface area contributed by atoms with Crippen molar-refractivity contribution in [2.45, 2.75) is 6.04 Å². The Balaban J connectivity index is 1.82. The van der Waals surface area contributed by atoms with Gasteiger partial charge in [-0.25, -0.2) is 4.68 Å². The van der Waals surface area contributed by atoms with Crippen LogP contribution in [0.1, 0.15) is 17.2 Å². The SMILES string of the molecule is COc1ccc([C@H]2C=C(c3ccc(Br)cc3)Nc3ncnn32)c(OC)c1. The molecule has 0 spiro atoms. The molecule has 1 atom stereocenters. The minimum Gasteiger partial charge on any atom is -0.497 e. The molecule has 3 aromatic rings. The van der Waals surface area contributed by atoms with Crippen molar-refractivity contribution in [3.05, 3.63) is 70.5 Å². The van der Waals surface area contributed by atoms with Crippen molar-refractivity contribution >= 4 is 27.6 Å². The topological polar surface area (TPSA) is 61.2 Å². The quantitative estimate of drug-likeness (QED) is 0.698. The molecule has 1 N–H and O–H groups in total. The number of nitrogens with one attached hydrogen (secondary N) is 1. The third kappa shape index (κ3) is 2.94. The number of halogens is 1. The maximum absolute atomic E-state index is 5.59. The van der Waals surface area contributed by atoms with Gasteiger partial charge < -0.3 is 14.8 Å². The van der Waals surface area contributed by atoms with E-state index in [2.05, 4.69) is 49.5 Å². The average Bonchev–Trinajstić information content (AvgIpc) is 3.16. The Labute approximate surface area is 159 Å². The van der Waals surface area contributed by atoms with Crippen LogP contribution in [0.4, 0.5) is 5.95 Å². The summed E-state index contributed by atoms with van der Waals surface area (Å²) in [5.41, 5.74) is 3.02. The van der Waals surface area contributed by atoms with Crippen LogP contribution in [0.5, 0.6) is 11.5 Å². The molecule has 2 heterocycles. The van der Waals surface area contributed by atoms with Gasteiger partial charge in [-0.05, 0) is 35.9 Å². The van der Waals surface area contributed by atoms with Gasteiger partial charge >= 0.3 is 0 Å². The highest BCUT2D eigenvalue weighted by molar-refractivity contribution is 9.10. The third-order valence-electron chi connectivity index (χ3n) is 4.32. The van der Waals surface area contributed by atoms with Crippen molar-refractivity contribution in [3.63, 3.8) is 0 Å². The van der Waals surface area contributed by atoms with Crippen LogP contribution in [0.25, 0.3) is 5.70 Å². The summed E-state index contributed by atoms with van der Waals surface area (Å²) in [6.07, 6.45) is 3.67. The summed E-state index contributed by atoms with van der Waals surface area (Å²) in [5, 5.41) is 7.72. The molecule has 7 heteroatoms. The number of hydrogen-bond acceptors (Lipinski definition) is 5. The summed E-state index contributed by atoms with van der Waals surface area (Å²) in [7, 11) is 3.29. The second kappa shape index (κ2) is 6.84. The molecule has 1 aliphatic rings. The van der Waals surface area contributed by atoms with Gasteiger partial charge in [0.05, 0.1) is 14.2 Å². The highest BCUT2D eigenvalue weighted by Gasteiger charge is 2.26. The van der Waals surface area contributed by atoms with Crippen molar-refractivity contribution in [2.75, 3.05) is 19.5 Å². The molecule has 0 bridgehead atoms. The van der Waals surface area contributed by atoms with Gasteiger partial charge in [0, 0.05) is 21.8 Å². The Morgan fingerprint density at radius 3 is 2.62 bits per heavy atom. The maximum atomic E-state index is 5.59. The highest BCUT2D eigenvalue weighted by Crippen LogP contribution is 2.37. The number of nitrogens with zero attached hydrogens (tertiary/aromatic N) is 3. The lowest BCUT2D eigenvalue weighted by Crippen LogP contribution is -2.20. The van der Waals surface area contributed by atoms with Crippen LogP contribution in [-0.4, -0.2) is 29.0 Å². The molecule has 26 heavy (non-hydrogen) atoms. The summed E-state index contributed by atoms with van der Waals surface area (Å²) >= 11 is 3.48. The van der Waals surface area contributed by atoms with Gasteiger partial charge in [-0.2, -0.15) is 10.1 Å². The van der Waals surface area contributed by atoms with Gasteiger partial charge in [-0.15, -0.1) is 0 Å². The van der Waals surface area contributed by atoms with E-state index in [1.54, 1.807) is 20.5 Å².